The highest BCUT2D eigenvalue weighted by Crippen LogP contribution is 2.29. The third-order valence-corrected chi connectivity index (χ3v) is 4.68. The third-order valence-electron chi connectivity index (χ3n) is 4.33. The molecule has 0 unspecified atom stereocenters. The van der Waals surface area contributed by atoms with Gasteiger partial charge in [-0.15, -0.1) is 0 Å². The van der Waals surface area contributed by atoms with Crippen LogP contribution < -0.4 is 20.1 Å². The van der Waals surface area contributed by atoms with E-state index < -0.39 is 0 Å². The summed E-state index contributed by atoms with van der Waals surface area (Å²) < 4.78 is 10.6. The molecular formula is C20H26ClN2O3+. The number of nitrogens with one attached hydrogen (secondary N) is 1. The van der Waals surface area contributed by atoms with Gasteiger partial charge in [0, 0.05) is 16.1 Å². The Kier molecular flexibility index (Phi) is 7.30. The molecule has 0 aliphatic heterocycles. The van der Waals surface area contributed by atoms with Crippen molar-refractivity contribution in [3.63, 3.8) is 0 Å². The molecule has 2 aromatic carbocycles. The molecule has 0 aromatic heterocycles. The number of nitrogens with two attached hydrogens (primary N) is 1. The summed E-state index contributed by atoms with van der Waals surface area (Å²) in [6.07, 6.45) is 0. The van der Waals surface area contributed by atoms with Gasteiger partial charge in [-0.3, -0.25) is 4.79 Å². The van der Waals surface area contributed by atoms with Crippen LogP contribution in [0.4, 0.5) is 0 Å². The lowest BCUT2D eigenvalue weighted by Crippen LogP contribution is -2.87. The van der Waals surface area contributed by atoms with E-state index in [1.165, 1.54) is 0 Å². The lowest BCUT2D eigenvalue weighted by atomic mass is 10.1. The average Bonchev–Trinajstić information content (AvgIpc) is 2.65. The smallest absolute Gasteiger partial charge is 0.275 e. The first-order valence-corrected chi connectivity index (χ1v) is 8.93. The second-order valence-corrected chi connectivity index (χ2v) is 6.55. The number of rotatable bonds is 8. The number of ether oxygens (including phenoxy) is 2. The molecule has 0 saturated carbocycles. The van der Waals surface area contributed by atoms with Gasteiger partial charge < -0.3 is 20.1 Å². The molecule has 0 heterocycles. The van der Waals surface area contributed by atoms with Crippen molar-refractivity contribution in [2.24, 2.45) is 0 Å². The number of halogens is 1. The van der Waals surface area contributed by atoms with Crippen molar-refractivity contribution in [3.05, 3.63) is 58.6 Å². The Labute approximate surface area is 159 Å². The molecule has 0 aliphatic carbocycles. The largest absolute Gasteiger partial charge is 0.497 e. The Balaban J connectivity index is 1.96. The number of hydrogen-bond acceptors (Lipinski definition) is 3. The van der Waals surface area contributed by atoms with Crippen molar-refractivity contribution in [2.45, 2.75) is 25.9 Å². The second kappa shape index (κ2) is 9.46. The molecule has 5 nitrogen and oxygen atoms in total. The number of carbonyl (C=O) groups is 1. The van der Waals surface area contributed by atoms with Crippen molar-refractivity contribution in [1.29, 1.82) is 0 Å². The predicted octanol–water partition coefficient (Wildman–Crippen LogP) is 2.86. The molecule has 0 radical (unpaired) electrons. The van der Waals surface area contributed by atoms with Crippen LogP contribution in [0.1, 0.15) is 37.1 Å². The highest BCUT2D eigenvalue weighted by molar-refractivity contribution is 6.31. The summed E-state index contributed by atoms with van der Waals surface area (Å²) in [5.74, 6) is 1.38. The van der Waals surface area contributed by atoms with Crippen LogP contribution in [0.2, 0.25) is 5.02 Å². The van der Waals surface area contributed by atoms with Gasteiger partial charge in [0.1, 0.15) is 17.5 Å². The van der Waals surface area contributed by atoms with Gasteiger partial charge in [0.25, 0.3) is 5.91 Å². The zero-order valence-corrected chi connectivity index (χ0v) is 16.3. The first-order chi connectivity index (χ1) is 12.5. The lowest BCUT2D eigenvalue weighted by Gasteiger charge is -2.18. The van der Waals surface area contributed by atoms with Crippen LogP contribution in [-0.4, -0.2) is 26.7 Å². The molecule has 0 saturated heterocycles. The maximum absolute atomic E-state index is 12.4. The van der Waals surface area contributed by atoms with E-state index in [0.29, 0.717) is 17.3 Å². The molecule has 0 aliphatic rings. The van der Waals surface area contributed by atoms with Crippen LogP contribution in [0.25, 0.3) is 0 Å². The topological polar surface area (TPSA) is 64.2 Å². The number of methoxy groups -OCH3 is 2. The number of hydrogen-bond donors (Lipinski definition) is 2. The molecule has 140 valence electrons. The van der Waals surface area contributed by atoms with Gasteiger partial charge >= 0.3 is 0 Å². The van der Waals surface area contributed by atoms with E-state index in [2.05, 4.69) is 5.32 Å². The van der Waals surface area contributed by atoms with Gasteiger partial charge in [0.15, 0.2) is 6.54 Å². The van der Waals surface area contributed by atoms with E-state index >= 15 is 0 Å². The van der Waals surface area contributed by atoms with E-state index in [4.69, 9.17) is 21.1 Å². The second-order valence-electron chi connectivity index (χ2n) is 6.15. The molecular weight excluding hydrogens is 352 g/mol. The van der Waals surface area contributed by atoms with Gasteiger partial charge in [-0.2, -0.15) is 0 Å². The zero-order valence-electron chi connectivity index (χ0n) is 15.6. The molecule has 2 rings (SSSR count). The highest BCUT2D eigenvalue weighted by atomic mass is 35.5. The molecule has 2 atom stereocenters. The van der Waals surface area contributed by atoms with Crippen LogP contribution in [0.3, 0.4) is 0 Å². The molecule has 0 bridgehead atoms. The summed E-state index contributed by atoms with van der Waals surface area (Å²) in [5.41, 5.74) is 1.89. The van der Waals surface area contributed by atoms with Gasteiger partial charge in [-0.1, -0.05) is 29.8 Å². The SMILES string of the molecule is COc1ccc(OC)c([C@@H](C)NC(=O)C[NH2+][C@H](C)c2ccccc2Cl)c1. The Morgan fingerprint density at radius 3 is 2.50 bits per heavy atom. The lowest BCUT2D eigenvalue weighted by molar-refractivity contribution is -0.682. The van der Waals surface area contributed by atoms with E-state index in [-0.39, 0.29) is 18.0 Å². The van der Waals surface area contributed by atoms with Crippen molar-refractivity contribution in [3.8, 4) is 11.5 Å². The van der Waals surface area contributed by atoms with E-state index in [1.807, 2.05) is 61.6 Å². The number of quaternary nitrogens is 1. The van der Waals surface area contributed by atoms with E-state index in [0.717, 1.165) is 16.9 Å². The summed E-state index contributed by atoms with van der Waals surface area (Å²) in [4.78, 5) is 12.4. The number of benzene rings is 2. The summed E-state index contributed by atoms with van der Waals surface area (Å²) in [5, 5.41) is 5.68. The van der Waals surface area contributed by atoms with Crippen molar-refractivity contribution < 1.29 is 19.6 Å². The minimum absolute atomic E-state index is 0.0544. The first kappa shape index (κ1) is 20.1. The Bertz CT molecular complexity index is 752. The standard InChI is InChI=1S/C20H25ClN2O3/c1-13(16-7-5-6-8-18(16)21)22-12-20(24)23-14(2)17-11-15(25-3)9-10-19(17)26-4/h5-11,13-14,22H,12H2,1-4H3,(H,23,24)/p+1/t13-,14-/m1/s1. The first-order valence-electron chi connectivity index (χ1n) is 8.55. The van der Waals surface area contributed by atoms with Crippen molar-refractivity contribution in [2.75, 3.05) is 20.8 Å². The van der Waals surface area contributed by atoms with Crippen molar-refractivity contribution in [1.82, 2.24) is 5.32 Å². The quantitative estimate of drug-likeness (QED) is 0.743. The summed E-state index contributed by atoms with van der Waals surface area (Å²) in [7, 11) is 3.22. The molecule has 1 amide bonds. The number of amides is 1. The Morgan fingerprint density at radius 1 is 1.12 bits per heavy atom. The van der Waals surface area contributed by atoms with Crippen molar-refractivity contribution >= 4 is 17.5 Å². The summed E-state index contributed by atoms with van der Waals surface area (Å²) >= 11 is 6.21. The Morgan fingerprint density at radius 2 is 1.85 bits per heavy atom. The predicted molar refractivity (Wildman–Crippen MR) is 103 cm³/mol. The fourth-order valence-electron chi connectivity index (χ4n) is 2.81. The molecule has 3 N–H and O–H groups in total. The van der Waals surface area contributed by atoms with E-state index in [1.54, 1.807) is 14.2 Å². The fourth-order valence-corrected chi connectivity index (χ4v) is 3.12. The van der Waals surface area contributed by atoms with Crippen LogP contribution >= 0.6 is 11.6 Å². The van der Waals surface area contributed by atoms with Crippen LogP contribution in [0.15, 0.2) is 42.5 Å². The normalized spacial score (nSPS) is 13.0. The van der Waals surface area contributed by atoms with Crippen LogP contribution in [-0.2, 0) is 4.79 Å². The monoisotopic (exact) mass is 377 g/mol. The fraction of sp³-hybridized carbons (Fsp3) is 0.350. The summed E-state index contributed by atoms with van der Waals surface area (Å²) in [6, 6.07) is 13.1. The molecule has 6 heteroatoms. The third kappa shape index (κ3) is 5.13. The van der Waals surface area contributed by atoms with Gasteiger partial charge in [0.2, 0.25) is 0 Å². The summed E-state index contributed by atoms with van der Waals surface area (Å²) in [6.45, 7) is 4.26. The van der Waals surface area contributed by atoms with Crippen LogP contribution in [0.5, 0.6) is 11.5 Å². The van der Waals surface area contributed by atoms with E-state index in [9.17, 15) is 4.79 Å². The molecule has 0 fully saturated rings. The maximum Gasteiger partial charge on any atom is 0.275 e. The number of carbonyl (C=O) groups excluding carboxylic acids is 1. The molecule has 26 heavy (non-hydrogen) atoms. The maximum atomic E-state index is 12.4. The zero-order chi connectivity index (χ0) is 19.1. The highest BCUT2D eigenvalue weighted by Gasteiger charge is 2.18. The minimum Gasteiger partial charge on any atom is -0.497 e. The minimum atomic E-state index is -0.198. The van der Waals surface area contributed by atoms with Gasteiger partial charge in [-0.05, 0) is 38.1 Å². The van der Waals surface area contributed by atoms with Crippen LogP contribution in [0, 0.1) is 0 Å². The van der Waals surface area contributed by atoms with Gasteiger partial charge in [0.05, 0.1) is 20.3 Å². The van der Waals surface area contributed by atoms with Gasteiger partial charge in [-0.25, -0.2) is 0 Å². The molecule has 2 aromatic rings. The Hall–Kier alpha value is -2.24. The molecule has 0 spiro atoms. The average molecular weight is 378 g/mol.